The maximum Gasteiger partial charge on any atom is 0.302 e. The fourth-order valence-electron chi connectivity index (χ4n) is 4.51. The van der Waals surface area contributed by atoms with Crippen molar-refractivity contribution in [3.63, 3.8) is 0 Å². The number of benzene rings is 3. The van der Waals surface area contributed by atoms with Gasteiger partial charge in [0.2, 0.25) is 0 Å². The first-order valence-electron chi connectivity index (χ1n) is 12.9. The standard InChI is InChI=1S/C30H24N2O10/c1-17(33)39-12-10-31-27(35)23-8-6-21(15-25(23)29(31)37)41-19-4-3-5-20(14-19)42-22-7-9-24-26(16-22)30(38)32(28(24)36)11-13-40-18(2)34/h3-9,14-16H,10-13H2,1-2H3. The predicted molar refractivity (Wildman–Crippen MR) is 143 cm³/mol. The minimum atomic E-state index is -0.515. The topological polar surface area (TPSA) is 146 Å². The second-order valence-electron chi connectivity index (χ2n) is 9.30. The second kappa shape index (κ2) is 11.5. The third-order valence-corrected chi connectivity index (χ3v) is 6.40. The van der Waals surface area contributed by atoms with Gasteiger partial charge in [-0.05, 0) is 48.5 Å². The van der Waals surface area contributed by atoms with E-state index >= 15 is 0 Å². The Morgan fingerprint density at radius 3 is 1.33 bits per heavy atom. The van der Waals surface area contributed by atoms with Gasteiger partial charge in [-0.25, -0.2) is 0 Å². The molecule has 12 heteroatoms. The van der Waals surface area contributed by atoms with Gasteiger partial charge in [0.25, 0.3) is 23.6 Å². The van der Waals surface area contributed by atoms with Crippen LogP contribution in [0.3, 0.4) is 0 Å². The van der Waals surface area contributed by atoms with Crippen molar-refractivity contribution in [3.8, 4) is 23.0 Å². The van der Waals surface area contributed by atoms with Crippen LogP contribution in [0.2, 0.25) is 0 Å². The Hall–Kier alpha value is -5.52. The number of hydrogen-bond donors (Lipinski definition) is 0. The minimum Gasteiger partial charge on any atom is -0.464 e. The van der Waals surface area contributed by atoms with Crippen LogP contribution in [-0.4, -0.2) is 71.7 Å². The van der Waals surface area contributed by atoms with Crippen LogP contribution in [-0.2, 0) is 19.1 Å². The summed E-state index contributed by atoms with van der Waals surface area (Å²) in [5.74, 6) is -1.63. The number of amides is 4. The predicted octanol–water partition coefficient (Wildman–Crippen LogP) is 3.59. The molecule has 2 aliphatic rings. The van der Waals surface area contributed by atoms with Crippen molar-refractivity contribution in [2.75, 3.05) is 26.3 Å². The monoisotopic (exact) mass is 572 g/mol. The lowest BCUT2D eigenvalue weighted by Gasteiger charge is -2.13. The maximum atomic E-state index is 12.8. The normalized spacial score (nSPS) is 13.7. The van der Waals surface area contributed by atoms with E-state index in [1.165, 1.54) is 38.1 Å². The molecule has 12 nitrogen and oxygen atoms in total. The number of fused-ring (bicyclic) bond motifs is 2. The Morgan fingerprint density at radius 2 is 0.929 bits per heavy atom. The molecule has 0 N–H and O–H groups in total. The molecule has 0 saturated carbocycles. The van der Waals surface area contributed by atoms with E-state index in [9.17, 15) is 28.8 Å². The summed E-state index contributed by atoms with van der Waals surface area (Å²) < 4.78 is 21.5. The highest BCUT2D eigenvalue weighted by molar-refractivity contribution is 6.22. The SMILES string of the molecule is CC(=O)OCCN1C(=O)c2ccc(Oc3cccc(Oc4ccc5c(c4)C(=O)N(CCOC(C)=O)C5=O)c3)cc2C1=O. The van der Waals surface area contributed by atoms with Crippen molar-refractivity contribution in [1.29, 1.82) is 0 Å². The molecule has 2 heterocycles. The number of nitrogens with zero attached hydrogens (tertiary/aromatic N) is 2. The Morgan fingerprint density at radius 1 is 0.548 bits per heavy atom. The van der Waals surface area contributed by atoms with E-state index in [4.69, 9.17) is 18.9 Å². The molecule has 0 fully saturated rings. The Bertz CT molecular complexity index is 1530. The van der Waals surface area contributed by atoms with Gasteiger partial charge >= 0.3 is 11.9 Å². The van der Waals surface area contributed by atoms with E-state index in [-0.39, 0.29) is 48.6 Å². The van der Waals surface area contributed by atoms with Gasteiger partial charge in [-0.15, -0.1) is 0 Å². The van der Waals surface area contributed by atoms with Crippen molar-refractivity contribution in [2.45, 2.75) is 13.8 Å². The van der Waals surface area contributed by atoms with Crippen LogP contribution in [0.4, 0.5) is 0 Å². The van der Waals surface area contributed by atoms with Crippen LogP contribution >= 0.6 is 0 Å². The van der Waals surface area contributed by atoms with Crippen LogP contribution in [0.5, 0.6) is 23.0 Å². The summed E-state index contributed by atoms with van der Waals surface area (Å²) in [6, 6.07) is 15.7. The zero-order valence-electron chi connectivity index (χ0n) is 22.6. The molecule has 0 unspecified atom stereocenters. The number of carbonyl (C=O) groups excluding carboxylic acids is 6. The Balaban J connectivity index is 1.26. The highest BCUT2D eigenvalue weighted by Crippen LogP contribution is 2.33. The van der Waals surface area contributed by atoms with E-state index in [2.05, 4.69) is 0 Å². The smallest absolute Gasteiger partial charge is 0.302 e. The average Bonchev–Trinajstić information content (AvgIpc) is 3.32. The summed E-state index contributed by atoms with van der Waals surface area (Å²) in [6.45, 7) is 2.17. The first-order chi connectivity index (χ1) is 20.1. The van der Waals surface area contributed by atoms with Gasteiger partial charge in [-0.2, -0.15) is 0 Å². The first-order valence-corrected chi connectivity index (χ1v) is 12.9. The van der Waals surface area contributed by atoms with Gasteiger partial charge in [-0.1, -0.05) is 6.07 Å². The van der Waals surface area contributed by atoms with Gasteiger partial charge in [0, 0.05) is 19.9 Å². The number of ether oxygens (including phenoxy) is 4. The van der Waals surface area contributed by atoms with E-state index in [1.54, 1.807) is 36.4 Å². The fraction of sp³-hybridized carbons (Fsp3) is 0.200. The van der Waals surface area contributed by atoms with Crippen molar-refractivity contribution in [3.05, 3.63) is 82.9 Å². The molecule has 0 aromatic heterocycles. The summed E-state index contributed by atoms with van der Waals surface area (Å²) in [7, 11) is 0. The highest BCUT2D eigenvalue weighted by Gasteiger charge is 2.37. The first kappa shape index (κ1) is 28.0. The average molecular weight is 573 g/mol. The van der Waals surface area contributed by atoms with Crippen LogP contribution < -0.4 is 9.47 Å². The molecule has 0 radical (unpaired) electrons. The van der Waals surface area contributed by atoms with Gasteiger partial charge in [0.15, 0.2) is 0 Å². The molecular formula is C30H24N2O10. The van der Waals surface area contributed by atoms with Gasteiger partial charge in [0.1, 0.15) is 36.2 Å². The van der Waals surface area contributed by atoms with Crippen LogP contribution in [0.1, 0.15) is 55.3 Å². The lowest BCUT2D eigenvalue weighted by Crippen LogP contribution is -2.33. The molecule has 0 saturated heterocycles. The zero-order chi connectivity index (χ0) is 30.0. The molecule has 0 spiro atoms. The Kier molecular flexibility index (Phi) is 7.69. The summed E-state index contributed by atoms with van der Waals surface area (Å²) in [5.41, 5.74) is 0.794. The summed E-state index contributed by atoms with van der Waals surface area (Å²) in [6.07, 6.45) is 0. The van der Waals surface area contributed by atoms with Crippen molar-refractivity contribution >= 4 is 35.6 Å². The maximum absolute atomic E-state index is 12.8. The van der Waals surface area contributed by atoms with E-state index in [0.717, 1.165) is 9.80 Å². The van der Waals surface area contributed by atoms with Crippen LogP contribution in [0.15, 0.2) is 60.7 Å². The molecule has 4 amide bonds. The van der Waals surface area contributed by atoms with Crippen LogP contribution in [0, 0.1) is 0 Å². The summed E-state index contributed by atoms with van der Waals surface area (Å²) >= 11 is 0. The molecule has 5 rings (SSSR count). The van der Waals surface area contributed by atoms with Crippen LogP contribution in [0.25, 0.3) is 0 Å². The molecule has 0 bridgehead atoms. The second-order valence-corrected chi connectivity index (χ2v) is 9.30. The van der Waals surface area contributed by atoms with Gasteiger partial charge < -0.3 is 18.9 Å². The van der Waals surface area contributed by atoms with E-state index in [1.807, 2.05) is 0 Å². The molecule has 3 aromatic rings. The number of rotatable bonds is 10. The van der Waals surface area contributed by atoms with Crippen molar-refractivity contribution < 1.29 is 47.7 Å². The molecule has 0 aliphatic carbocycles. The number of carbonyl (C=O) groups is 6. The molecule has 214 valence electrons. The lowest BCUT2D eigenvalue weighted by molar-refractivity contribution is -0.142. The molecule has 0 atom stereocenters. The van der Waals surface area contributed by atoms with Crippen molar-refractivity contribution in [2.24, 2.45) is 0 Å². The number of imide groups is 2. The molecular weight excluding hydrogens is 548 g/mol. The summed E-state index contributed by atoms with van der Waals surface area (Å²) in [5, 5.41) is 0. The third kappa shape index (κ3) is 5.68. The molecule has 42 heavy (non-hydrogen) atoms. The minimum absolute atomic E-state index is 0.0593. The fourth-order valence-corrected chi connectivity index (χ4v) is 4.51. The van der Waals surface area contributed by atoms with Crippen molar-refractivity contribution in [1.82, 2.24) is 9.80 Å². The largest absolute Gasteiger partial charge is 0.464 e. The molecule has 2 aliphatic heterocycles. The molecule has 3 aromatic carbocycles. The van der Waals surface area contributed by atoms with Gasteiger partial charge in [-0.3, -0.25) is 38.6 Å². The third-order valence-electron chi connectivity index (χ3n) is 6.40. The zero-order valence-corrected chi connectivity index (χ0v) is 22.6. The summed E-state index contributed by atoms with van der Waals surface area (Å²) in [4.78, 5) is 74.8. The Labute approximate surface area is 239 Å². The number of hydrogen-bond acceptors (Lipinski definition) is 10. The number of esters is 2. The highest BCUT2D eigenvalue weighted by atomic mass is 16.5. The van der Waals surface area contributed by atoms with E-state index in [0.29, 0.717) is 23.0 Å². The van der Waals surface area contributed by atoms with Gasteiger partial charge in [0.05, 0.1) is 35.3 Å². The lowest BCUT2D eigenvalue weighted by atomic mass is 10.1. The quantitative estimate of drug-likeness (QED) is 0.261. The van der Waals surface area contributed by atoms with E-state index < -0.39 is 35.6 Å².